The van der Waals surface area contributed by atoms with E-state index >= 15 is 0 Å². The molecular weight excluding hydrogens is 377 g/mol. The Morgan fingerprint density at radius 3 is 2.60 bits per heavy atom. The summed E-state index contributed by atoms with van der Waals surface area (Å²) < 4.78 is 40.9. The number of alkyl halides is 3. The second-order valence-electron chi connectivity index (χ2n) is 5.77. The van der Waals surface area contributed by atoms with Gasteiger partial charge in [0.25, 0.3) is 5.56 Å². The van der Waals surface area contributed by atoms with Gasteiger partial charge in [-0.2, -0.15) is 13.3 Å². The standard InChI is InChI=1S/C14H15F3N4O2S2/c1-7-8(5-20-4-3-18-12(20)24)25-11-9(7)10(22)21(13(23)19(11)2)14(16,17)6-15/h3-6H2,1-2H3,(H,18,24). The number of hydrogen-bond donors (Lipinski definition) is 1. The van der Waals surface area contributed by atoms with Gasteiger partial charge in [-0.15, -0.1) is 11.3 Å². The van der Waals surface area contributed by atoms with Crippen LogP contribution in [0.2, 0.25) is 0 Å². The van der Waals surface area contributed by atoms with Crippen LogP contribution in [0.15, 0.2) is 9.59 Å². The Hall–Kier alpha value is -1.88. The van der Waals surface area contributed by atoms with Gasteiger partial charge in [0, 0.05) is 25.0 Å². The SMILES string of the molecule is Cc1c(CN2CCNC2=S)sc2c1c(=O)n(C(F)(F)CF)c(=O)n2C. The van der Waals surface area contributed by atoms with Crippen molar-refractivity contribution in [3.8, 4) is 0 Å². The summed E-state index contributed by atoms with van der Waals surface area (Å²) in [5.74, 6) is 0. The van der Waals surface area contributed by atoms with Crippen LogP contribution in [0.1, 0.15) is 10.4 Å². The van der Waals surface area contributed by atoms with Crippen molar-refractivity contribution in [1.82, 2.24) is 19.4 Å². The Bertz CT molecular complexity index is 979. The topological polar surface area (TPSA) is 59.3 Å². The smallest absolute Gasteiger partial charge is 0.361 e. The molecule has 3 rings (SSSR count). The summed E-state index contributed by atoms with van der Waals surface area (Å²) in [6.45, 7) is 1.30. The minimum Gasteiger partial charge on any atom is -0.361 e. The molecule has 0 radical (unpaired) electrons. The van der Waals surface area contributed by atoms with Crippen molar-refractivity contribution in [3.05, 3.63) is 31.3 Å². The molecule has 3 heterocycles. The summed E-state index contributed by atoms with van der Waals surface area (Å²) in [6.07, 6.45) is 0. The quantitative estimate of drug-likeness (QED) is 0.795. The number of aryl methyl sites for hydroxylation is 2. The summed E-state index contributed by atoms with van der Waals surface area (Å²) in [6, 6.07) is -4.19. The normalized spacial score (nSPS) is 15.2. The molecule has 136 valence electrons. The van der Waals surface area contributed by atoms with Crippen LogP contribution in [0.5, 0.6) is 0 Å². The fourth-order valence-electron chi connectivity index (χ4n) is 2.80. The lowest BCUT2D eigenvalue weighted by Gasteiger charge is -2.16. The largest absolute Gasteiger partial charge is 0.363 e. The zero-order chi connectivity index (χ0) is 18.5. The van der Waals surface area contributed by atoms with E-state index < -0.39 is 24.0 Å². The zero-order valence-electron chi connectivity index (χ0n) is 13.4. The molecule has 1 aliphatic rings. The van der Waals surface area contributed by atoms with Crippen molar-refractivity contribution in [1.29, 1.82) is 0 Å². The lowest BCUT2D eigenvalue weighted by molar-refractivity contribution is -0.106. The molecule has 0 aliphatic carbocycles. The first-order valence-electron chi connectivity index (χ1n) is 7.40. The van der Waals surface area contributed by atoms with E-state index in [1.165, 1.54) is 18.4 Å². The number of thiocarbonyl (C=S) groups is 1. The van der Waals surface area contributed by atoms with Crippen molar-refractivity contribution in [2.75, 3.05) is 19.8 Å². The first kappa shape index (κ1) is 17.9. The number of fused-ring (bicyclic) bond motifs is 1. The summed E-state index contributed by atoms with van der Waals surface area (Å²) in [5.41, 5.74) is -1.92. The second kappa shape index (κ2) is 6.13. The number of rotatable bonds is 4. The number of nitrogens with one attached hydrogen (secondary N) is 1. The number of thiophene rings is 1. The fraction of sp³-hybridized carbons (Fsp3) is 0.500. The first-order chi connectivity index (χ1) is 11.7. The lowest BCUT2D eigenvalue weighted by Crippen LogP contribution is -2.48. The van der Waals surface area contributed by atoms with Crippen LogP contribution in [0.3, 0.4) is 0 Å². The number of halogens is 3. The summed E-state index contributed by atoms with van der Waals surface area (Å²) in [7, 11) is 1.29. The minimum atomic E-state index is -4.19. The molecule has 0 bridgehead atoms. The molecule has 0 aromatic carbocycles. The molecule has 1 N–H and O–H groups in total. The molecule has 0 spiro atoms. The maximum atomic E-state index is 13.8. The summed E-state index contributed by atoms with van der Waals surface area (Å²) in [4.78, 5) is 27.6. The molecule has 0 amide bonds. The molecule has 1 saturated heterocycles. The predicted octanol–water partition coefficient (Wildman–Crippen LogP) is 1.28. The van der Waals surface area contributed by atoms with Gasteiger partial charge in [-0.3, -0.25) is 9.36 Å². The molecule has 2 aromatic heterocycles. The van der Waals surface area contributed by atoms with Crippen molar-refractivity contribution in [3.63, 3.8) is 0 Å². The van der Waals surface area contributed by atoms with Crippen molar-refractivity contribution in [2.24, 2.45) is 7.05 Å². The van der Waals surface area contributed by atoms with Crippen LogP contribution in [0, 0.1) is 6.92 Å². The average molecular weight is 392 g/mol. The molecule has 0 saturated carbocycles. The van der Waals surface area contributed by atoms with E-state index in [1.54, 1.807) is 6.92 Å². The van der Waals surface area contributed by atoms with Gasteiger partial charge >= 0.3 is 11.7 Å². The molecule has 2 aromatic rings. The molecule has 0 unspecified atom stereocenters. The predicted molar refractivity (Wildman–Crippen MR) is 93.2 cm³/mol. The van der Waals surface area contributed by atoms with Gasteiger partial charge in [0.05, 0.1) is 11.9 Å². The second-order valence-corrected chi connectivity index (χ2v) is 7.24. The zero-order valence-corrected chi connectivity index (χ0v) is 15.1. The van der Waals surface area contributed by atoms with Crippen molar-refractivity contribution < 1.29 is 13.2 Å². The molecule has 25 heavy (non-hydrogen) atoms. The number of aromatic nitrogens is 2. The van der Waals surface area contributed by atoms with E-state index in [0.717, 1.165) is 9.44 Å². The molecule has 11 heteroatoms. The Balaban J connectivity index is 2.23. The van der Waals surface area contributed by atoms with Crippen molar-refractivity contribution in [2.45, 2.75) is 19.5 Å². The van der Waals surface area contributed by atoms with Crippen LogP contribution < -0.4 is 16.6 Å². The van der Waals surface area contributed by atoms with Gasteiger partial charge in [0.2, 0.25) is 0 Å². The van der Waals surface area contributed by atoms with Gasteiger partial charge in [0.1, 0.15) is 4.83 Å². The molecule has 6 nitrogen and oxygen atoms in total. The number of nitrogens with zero attached hydrogens (tertiary/aromatic N) is 3. The first-order valence-corrected chi connectivity index (χ1v) is 8.62. The summed E-state index contributed by atoms with van der Waals surface area (Å²) in [5, 5.41) is 3.60. The van der Waals surface area contributed by atoms with Crippen LogP contribution in [0.25, 0.3) is 10.2 Å². The van der Waals surface area contributed by atoms with Gasteiger partial charge < -0.3 is 10.2 Å². The Labute approximate surface area is 149 Å². The van der Waals surface area contributed by atoms with Crippen molar-refractivity contribution >= 4 is 38.9 Å². The van der Waals surface area contributed by atoms with E-state index in [0.29, 0.717) is 30.3 Å². The van der Waals surface area contributed by atoms with Crippen LogP contribution in [-0.4, -0.2) is 38.9 Å². The van der Waals surface area contributed by atoms with Gasteiger partial charge in [-0.05, 0) is 24.7 Å². The molecule has 1 fully saturated rings. The Morgan fingerprint density at radius 2 is 2.04 bits per heavy atom. The van der Waals surface area contributed by atoms with Gasteiger partial charge in [0.15, 0.2) is 11.8 Å². The number of hydrogen-bond acceptors (Lipinski definition) is 4. The highest BCUT2D eigenvalue weighted by atomic mass is 32.1. The van der Waals surface area contributed by atoms with Crippen LogP contribution in [-0.2, 0) is 19.6 Å². The Kier molecular flexibility index (Phi) is 4.40. The van der Waals surface area contributed by atoms with E-state index in [2.05, 4.69) is 5.32 Å². The monoisotopic (exact) mass is 392 g/mol. The lowest BCUT2D eigenvalue weighted by atomic mass is 10.2. The summed E-state index contributed by atoms with van der Waals surface area (Å²) >= 11 is 6.36. The highest BCUT2D eigenvalue weighted by molar-refractivity contribution is 7.80. The third-order valence-electron chi connectivity index (χ3n) is 4.19. The van der Waals surface area contributed by atoms with E-state index in [-0.39, 0.29) is 14.8 Å². The van der Waals surface area contributed by atoms with Crippen LogP contribution in [0.4, 0.5) is 13.2 Å². The molecule has 1 aliphatic heterocycles. The van der Waals surface area contributed by atoms with Gasteiger partial charge in [-0.1, -0.05) is 0 Å². The van der Waals surface area contributed by atoms with Gasteiger partial charge in [-0.25, -0.2) is 9.18 Å². The average Bonchev–Trinajstić information content (AvgIpc) is 3.10. The third kappa shape index (κ3) is 2.74. The highest BCUT2D eigenvalue weighted by Crippen LogP contribution is 2.30. The molecular formula is C14H15F3N4O2S2. The highest BCUT2D eigenvalue weighted by Gasteiger charge is 2.37. The molecule has 0 atom stereocenters. The van der Waals surface area contributed by atoms with E-state index in [4.69, 9.17) is 12.2 Å². The van der Waals surface area contributed by atoms with E-state index in [9.17, 15) is 22.8 Å². The third-order valence-corrected chi connectivity index (χ3v) is 5.95. The minimum absolute atomic E-state index is 0.00768. The van der Waals surface area contributed by atoms with E-state index in [1.807, 2.05) is 4.90 Å². The maximum absolute atomic E-state index is 13.8. The fourth-order valence-corrected chi connectivity index (χ4v) is 4.33. The Morgan fingerprint density at radius 1 is 1.36 bits per heavy atom. The maximum Gasteiger partial charge on any atom is 0.363 e. The van der Waals surface area contributed by atoms with Crippen LogP contribution >= 0.6 is 23.6 Å².